The fourth-order valence-electron chi connectivity index (χ4n) is 4.63. The number of halogens is 2. The van der Waals surface area contributed by atoms with Crippen molar-refractivity contribution in [3.8, 4) is 0 Å². The van der Waals surface area contributed by atoms with Crippen LogP contribution in [0.1, 0.15) is 36.3 Å². The van der Waals surface area contributed by atoms with Gasteiger partial charge >= 0.3 is 6.03 Å². The van der Waals surface area contributed by atoms with Crippen LogP contribution in [0.15, 0.2) is 36.7 Å². The van der Waals surface area contributed by atoms with Gasteiger partial charge in [-0.05, 0) is 30.0 Å². The number of carbonyl (C=O) groups is 1. The minimum Gasteiger partial charge on any atom is -0.324 e. The van der Waals surface area contributed by atoms with Gasteiger partial charge in [-0.15, -0.1) is 0 Å². The first-order valence-electron chi connectivity index (χ1n) is 9.04. The van der Waals surface area contributed by atoms with E-state index in [9.17, 15) is 13.6 Å². The van der Waals surface area contributed by atoms with E-state index in [4.69, 9.17) is 0 Å². The predicted molar refractivity (Wildman–Crippen MR) is 92.6 cm³/mol. The average Bonchev–Trinajstić information content (AvgIpc) is 3.11. The van der Waals surface area contributed by atoms with E-state index in [2.05, 4.69) is 10.2 Å². The van der Waals surface area contributed by atoms with Crippen molar-refractivity contribution in [1.29, 1.82) is 0 Å². The molecule has 2 aliphatic heterocycles. The molecule has 3 aliphatic rings. The molecule has 2 fully saturated rings. The summed E-state index contributed by atoms with van der Waals surface area (Å²) in [6, 6.07) is 7.08. The largest absolute Gasteiger partial charge is 0.324 e. The lowest BCUT2D eigenvalue weighted by atomic mass is 9.86. The molecule has 3 heterocycles. The Labute approximate surface area is 150 Å². The average molecular weight is 358 g/mol. The summed E-state index contributed by atoms with van der Waals surface area (Å²) in [5.41, 5.74) is 1.31. The zero-order valence-electron chi connectivity index (χ0n) is 14.3. The van der Waals surface area contributed by atoms with Crippen molar-refractivity contribution in [1.82, 2.24) is 15.1 Å². The van der Waals surface area contributed by atoms with E-state index in [0.717, 1.165) is 12.0 Å². The summed E-state index contributed by atoms with van der Waals surface area (Å²) in [6.07, 6.45) is 4.78. The SMILES string of the molecule is O=C(N1CCC(c2cn[nH]c2)C1)N1CCC2(CC2(F)F)c2ccccc21. The number of para-hydroxylation sites is 1. The molecule has 5 nitrogen and oxygen atoms in total. The summed E-state index contributed by atoms with van der Waals surface area (Å²) in [6.45, 7) is 1.66. The number of nitrogens with one attached hydrogen (secondary N) is 1. The Morgan fingerprint density at radius 2 is 2.08 bits per heavy atom. The number of benzene rings is 1. The lowest BCUT2D eigenvalue weighted by Gasteiger charge is -2.36. The molecule has 0 bridgehead atoms. The minimum absolute atomic E-state index is 0.0812. The van der Waals surface area contributed by atoms with Gasteiger partial charge in [-0.1, -0.05) is 18.2 Å². The van der Waals surface area contributed by atoms with Crippen LogP contribution in [0.4, 0.5) is 19.3 Å². The lowest BCUT2D eigenvalue weighted by Crippen LogP contribution is -2.46. The predicted octanol–water partition coefficient (Wildman–Crippen LogP) is 3.51. The molecule has 1 spiro atoms. The molecule has 7 heteroatoms. The number of hydrogen-bond donors (Lipinski definition) is 1. The Morgan fingerprint density at radius 1 is 1.27 bits per heavy atom. The number of carbonyl (C=O) groups excluding carboxylic acids is 1. The lowest BCUT2D eigenvalue weighted by molar-refractivity contribution is 0.0845. The third-order valence-corrected chi connectivity index (χ3v) is 6.25. The molecule has 1 aromatic heterocycles. The van der Waals surface area contributed by atoms with Gasteiger partial charge in [0.2, 0.25) is 0 Å². The molecule has 1 saturated heterocycles. The normalized spacial score (nSPS) is 29.1. The number of fused-ring (bicyclic) bond motifs is 2. The van der Waals surface area contributed by atoms with Crippen molar-refractivity contribution in [2.75, 3.05) is 24.5 Å². The molecule has 26 heavy (non-hydrogen) atoms. The number of amides is 2. The van der Waals surface area contributed by atoms with Gasteiger partial charge in [0.25, 0.3) is 5.92 Å². The molecule has 2 atom stereocenters. The van der Waals surface area contributed by atoms with Crippen LogP contribution >= 0.6 is 0 Å². The zero-order valence-corrected chi connectivity index (χ0v) is 14.3. The Kier molecular flexibility index (Phi) is 3.21. The monoisotopic (exact) mass is 358 g/mol. The molecule has 2 unspecified atom stereocenters. The van der Waals surface area contributed by atoms with Crippen molar-refractivity contribution < 1.29 is 13.6 Å². The molecule has 136 valence electrons. The Morgan fingerprint density at radius 3 is 2.81 bits per heavy atom. The number of likely N-dealkylation sites (tertiary alicyclic amines) is 1. The Balaban J connectivity index is 1.40. The van der Waals surface area contributed by atoms with Gasteiger partial charge in [0.05, 0.1) is 11.6 Å². The highest BCUT2D eigenvalue weighted by Crippen LogP contribution is 2.66. The Hall–Kier alpha value is -2.44. The topological polar surface area (TPSA) is 52.2 Å². The van der Waals surface area contributed by atoms with Crippen molar-refractivity contribution in [2.24, 2.45) is 0 Å². The molecule has 0 radical (unpaired) electrons. The maximum absolute atomic E-state index is 14.1. The standard InChI is InChI=1S/C19H20F2N4O/c20-19(21)12-18(19)6-8-25(16-4-2-1-3-15(16)18)17(26)24-7-5-13(11-24)14-9-22-23-10-14/h1-4,9-10,13H,5-8,11-12H2,(H,22,23). The summed E-state index contributed by atoms with van der Waals surface area (Å²) in [7, 11) is 0. The second-order valence-electron chi connectivity index (χ2n) is 7.63. The molecular formula is C19H20F2N4O. The highest BCUT2D eigenvalue weighted by atomic mass is 19.3. The maximum atomic E-state index is 14.1. The molecule has 1 N–H and O–H groups in total. The minimum atomic E-state index is -2.65. The van der Waals surface area contributed by atoms with Gasteiger partial charge < -0.3 is 4.90 Å². The second kappa shape index (κ2) is 5.28. The summed E-state index contributed by atoms with van der Waals surface area (Å²) < 4.78 is 28.1. The summed E-state index contributed by atoms with van der Waals surface area (Å²) in [4.78, 5) is 16.6. The molecule has 1 aliphatic carbocycles. The van der Waals surface area contributed by atoms with Crippen molar-refractivity contribution in [2.45, 2.75) is 36.5 Å². The highest BCUT2D eigenvalue weighted by molar-refractivity contribution is 5.94. The third kappa shape index (κ3) is 2.12. The van der Waals surface area contributed by atoms with Crippen LogP contribution < -0.4 is 4.90 Å². The van der Waals surface area contributed by atoms with Crippen molar-refractivity contribution >= 4 is 11.7 Å². The quantitative estimate of drug-likeness (QED) is 0.848. The molecule has 1 aromatic carbocycles. The number of alkyl halides is 2. The number of anilines is 1. The number of aromatic amines is 1. The van der Waals surface area contributed by atoms with E-state index >= 15 is 0 Å². The fraction of sp³-hybridized carbons (Fsp3) is 0.474. The van der Waals surface area contributed by atoms with Crippen LogP contribution in [-0.2, 0) is 5.41 Å². The summed E-state index contributed by atoms with van der Waals surface area (Å²) in [5.74, 6) is -2.38. The number of aromatic nitrogens is 2. The van der Waals surface area contributed by atoms with Crippen molar-refractivity contribution in [3.05, 3.63) is 47.8 Å². The van der Waals surface area contributed by atoms with Crippen molar-refractivity contribution in [3.63, 3.8) is 0 Å². The second-order valence-corrected chi connectivity index (χ2v) is 7.63. The van der Waals surface area contributed by atoms with Crippen LogP contribution in [0.25, 0.3) is 0 Å². The first-order chi connectivity index (χ1) is 12.5. The molecule has 1 saturated carbocycles. The Bertz CT molecular complexity index is 853. The summed E-state index contributed by atoms with van der Waals surface area (Å²) >= 11 is 0. The number of H-pyrrole nitrogens is 1. The van der Waals surface area contributed by atoms with Crippen LogP contribution in [0, 0.1) is 0 Å². The van der Waals surface area contributed by atoms with Crippen LogP contribution in [0.2, 0.25) is 0 Å². The molecule has 5 rings (SSSR count). The van der Waals surface area contributed by atoms with Crippen LogP contribution in [0.5, 0.6) is 0 Å². The van der Waals surface area contributed by atoms with E-state index in [1.807, 2.05) is 17.2 Å². The van der Waals surface area contributed by atoms with Gasteiger partial charge in [-0.3, -0.25) is 10.00 Å². The van der Waals surface area contributed by atoms with Gasteiger partial charge in [0.1, 0.15) is 0 Å². The first kappa shape index (κ1) is 15.8. The fourth-order valence-corrected chi connectivity index (χ4v) is 4.63. The zero-order chi connectivity index (χ0) is 17.9. The van der Waals surface area contributed by atoms with Crippen LogP contribution in [0.3, 0.4) is 0 Å². The number of nitrogens with zero attached hydrogens (tertiary/aromatic N) is 3. The smallest absolute Gasteiger partial charge is 0.324 e. The third-order valence-electron chi connectivity index (χ3n) is 6.25. The summed E-state index contributed by atoms with van der Waals surface area (Å²) in [5, 5.41) is 6.80. The number of hydrogen-bond acceptors (Lipinski definition) is 2. The van der Waals surface area contributed by atoms with Gasteiger partial charge in [0.15, 0.2) is 0 Å². The van der Waals surface area contributed by atoms with Gasteiger partial charge in [-0.2, -0.15) is 5.10 Å². The first-order valence-corrected chi connectivity index (χ1v) is 9.04. The van der Waals surface area contributed by atoms with E-state index in [-0.39, 0.29) is 18.4 Å². The maximum Gasteiger partial charge on any atom is 0.324 e. The molecular weight excluding hydrogens is 338 g/mol. The van der Waals surface area contributed by atoms with E-state index in [0.29, 0.717) is 37.3 Å². The van der Waals surface area contributed by atoms with Gasteiger partial charge in [-0.25, -0.2) is 13.6 Å². The van der Waals surface area contributed by atoms with E-state index < -0.39 is 11.3 Å². The van der Waals surface area contributed by atoms with Crippen LogP contribution in [-0.4, -0.2) is 46.7 Å². The van der Waals surface area contributed by atoms with Gasteiger partial charge in [0, 0.05) is 43.9 Å². The highest BCUT2D eigenvalue weighted by Gasteiger charge is 2.73. The molecule has 2 amide bonds. The van der Waals surface area contributed by atoms with E-state index in [1.165, 1.54) is 0 Å². The number of urea groups is 1. The molecule has 2 aromatic rings. The number of rotatable bonds is 1. The van der Waals surface area contributed by atoms with E-state index in [1.54, 1.807) is 29.3 Å².